The van der Waals surface area contributed by atoms with Gasteiger partial charge in [-0.3, -0.25) is 0 Å². The molecule has 2 aromatic rings. The maximum absolute atomic E-state index is 12.4. The van der Waals surface area contributed by atoms with Crippen molar-refractivity contribution < 1.29 is 17.9 Å². The highest BCUT2D eigenvalue weighted by Crippen LogP contribution is 2.34. The normalized spacial score (nSPS) is 11.1. The first-order valence-corrected chi connectivity index (χ1v) is 6.49. The van der Waals surface area contributed by atoms with Crippen LogP contribution in [0.4, 0.5) is 30.5 Å². The number of nitrogens with zero attached hydrogens (tertiary/aromatic N) is 2. The van der Waals surface area contributed by atoms with Gasteiger partial charge in [-0.1, -0.05) is 15.9 Å². The lowest BCUT2D eigenvalue weighted by molar-refractivity contribution is -0.274. The number of anilines is 3. The summed E-state index contributed by atoms with van der Waals surface area (Å²) < 4.78 is 41.7. The summed E-state index contributed by atoms with van der Waals surface area (Å²) in [7, 11) is 1.67. The molecular weight excluding hydrogens is 353 g/mol. The van der Waals surface area contributed by atoms with Crippen molar-refractivity contribution in [3.63, 3.8) is 0 Å². The monoisotopic (exact) mass is 362 g/mol. The van der Waals surface area contributed by atoms with Gasteiger partial charge in [-0.25, -0.2) is 9.97 Å². The second kappa shape index (κ2) is 6.17. The number of rotatable bonds is 4. The zero-order valence-electron chi connectivity index (χ0n) is 10.7. The van der Waals surface area contributed by atoms with Gasteiger partial charge in [0.15, 0.2) is 5.75 Å². The van der Waals surface area contributed by atoms with Gasteiger partial charge in [0.05, 0.1) is 5.69 Å². The molecule has 21 heavy (non-hydrogen) atoms. The fourth-order valence-corrected chi connectivity index (χ4v) is 1.85. The van der Waals surface area contributed by atoms with Gasteiger partial charge in [-0.2, -0.15) is 0 Å². The van der Waals surface area contributed by atoms with Crippen molar-refractivity contribution in [3.8, 4) is 5.75 Å². The van der Waals surface area contributed by atoms with E-state index in [4.69, 9.17) is 0 Å². The molecule has 1 heterocycles. The number of ether oxygens (including phenoxy) is 1. The highest BCUT2D eigenvalue weighted by atomic mass is 79.9. The van der Waals surface area contributed by atoms with Crippen LogP contribution in [0.3, 0.4) is 0 Å². The van der Waals surface area contributed by atoms with E-state index >= 15 is 0 Å². The Morgan fingerprint density at radius 2 is 1.86 bits per heavy atom. The number of hydrogen-bond donors (Lipinski definition) is 2. The summed E-state index contributed by atoms with van der Waals surface area (Å²) in [6, 6.07) is 5.81. The molecule has 2 rings (SSSR count). The quantitative estimate of drug-likeness (QED) is 0.862. The molecule has 9 heteroatoms. The van der Waals surface area contributed by atoms with Crippen molar-refractivity contribution in [2.24, 2.45) is 0 Å². The Morgan fingerprint density at radius 1 is 1.14 bits per heavy atom. The fourth-order valence-electron chi connectivity index (χ4n) is 1.51. The predicted octanol–water partition coefficient (Wildman–Crippen LogP) is 3.92. The standard InChI is InChI=1S/C12H10BrF3N4O/c1-17-10-5-11(19-6-18-10)20-8-3-2-7(13)4-9(8)21-12(14,15)16/h2-6H,1H3,(H2,17,18,19,20). The van der Waals surface area contributed by atoms with Crippen LogP contribution in [-0.4, -0.2) is 23.4 Å². The van der Waals surface area contributed by atoms with E-state index in [1.807, 2.05) is 0 Å². The first-order chi connectivity index (χ1) is 9.87. The maximum atomic E-state index is 12.4. The Labute approximate surface area is 126 Å². The highest BCUT2D eigenvalue weighted by Gasteiger charge is 2.32. The molecule has 0 saturated heterocycles. The van der Waals surface area contributed by atoms with Crippen LogP contribution < -0.4 is 15.4 Å². The van der Waals surface area contributed by atoms with Gasteiger partial charge in [0.1, 0.15) is 18.0 Å². The maximum Gasteiger partial charge on any atom is 0.573 e. The molecule has 5 nitrogen and oxygen atoms in total. The number of alkyl halides is 3. The number of halogens is 4. The molecule has 112 valence electrons. The Balaban J connectivity index is 2.30. The second-order valence-electron chi connectivity index (χ2n) is 3.85. The van der Waals surface area contributed by atoms with E-state index in [2.05, 4.69) is 41.3 Å². The van der Waals surface area contributed by atoms with Gasteiger partial charge in [0, 0.05) is 17.6 Å². The topological polar surface area (TPSA) is 59.1 Å². The van der Waals surface area contributed by atoms with Crippen LogP contribution >= 0.6 is 15.9 Å². The summed E-state index contributed by atoms with van der Waals surface area (Å²) in [5.41, 5.74) is 0.135. The van der Waals surface area contributed by atoms with Gasteiger partial charge in [0.2, 0.25) is 0 Å². The smallest absolute Gasteiger partial charge is 0.404 e. The SMILES string of the molecule is CNc1cc(Nc2ccc(Br)cc2OC(F)(F)F)ncn1. The lowest BCUT2D eigenvalue weighted by Crippen LogP contribution is -2.18. The Hall–Kier alpha value is -2.03. The third kappa shape index (κ3) is 4.48. The van der Waals surface area contributed by atoms with Gasteiger partial charge < -0.3 is 15.4 Å². The zero-order valence-corrected chi connectivity index (χ0v) is 12.3. The summed E-state index contributed by atoms with van der Waals surface area (Å²) in [4.78, 5) is 7.85. The molecule has 0 unspecified atom stereocenters. The van der Waals surface area contributed by atoms with Gasteiger partial charge in [-0.15, -0.1) is 13.2 Å². The Morgan fingerprint density at radius 3 is 2.52 bits per heavy atom. The average molecular weight is 363 g/mol. The molecule has 0 atom stereocenters. The fraction of sp³-hybridized carbons (Fsp3) is 0.167. The van der Waals surface area contributed by atoms with E-state index in [0.29, 0.717) is 16.1 Å². The number of aromatic nitrogens is 2. The molecule has 1 aromatic carbocycles. The van der Waals surface area contributed by atoms with Gasteiger partial charge >= 0.3 is 6.36 Å². The second-order valence-corrected chi connectivity index (χ2v) is 4.77. The van der Waals surface area contributed by atoms with Crippen molar-refractivity contribution in [1.29, 1.82) is 0 Å². The minimum atomic E-state index is -4.78. The number of benzene rings is 1. The molecule has 1 aromatic heterocycles. The van der Waals surface area contributed by atoms with E-state index in [-0.39, 0.29) is 11.4 Å². The van der Waals surface area contributed by atoms with E-state index < -0.39 is 6.36 Å². The molecule has 0 amide bonds. The Kier molecular flexibility index (Phi) is 4.51. The minimum Gasteiger partial charge on any atom is -0.404 e. The van der Waals surface area contributed by atoms with Crippen molar-refractivity contribution in [2.75, 3.05) is 17.7 Å². The molecule has 0 bridgehead atoms. The van der Waals surface area contributed by atoms with Gasteiger partial charge in [-0.05, 0) is 18.2 Å². The third-order valence-electron chi connectivity index (χ3n) is 2.36. The third-order valence-corrected chi connectivity index (χ3v) is 2.85. The molecule has 0 aliphatic rings. The van der Waals surface area contributed by atoms with Crippen LogP contribution in [0.25, 0.3) is 0 Å². The van der Waals surface area contributed by atoms with Crippen LogP contribution in [0.1, 0.15) is 0 Å². The summed E-state index contributed by atoms with van der Waals surface area (Å²) in [5, 5.41) is 5.57. The van der Waals surface area contributed by atoms with Crippen molar-refractivity contribution >= 4 is 33.3 Å². The van der Waals surface area contributed by atoms with Crippen LogP contribution in [-0.2, 0) is 0 Å². The molecule has 0 spiro atoms. The largest absolute Gasteiger partial charge is 0.573 e. The van der Waals surface area contributed by atoms with Crippen LogP contribution in [0.15, 0.2) is 35.1 Å². The average Bonchev–Trinajstić information content (AvgIpc) is 2.40. The first-order valence-electron chi connectivity index (χ1n) is 5.69. The zero-order chi connectivity index (χ0) is 15.5. The van der Waals surface area contributed by atoms with Crippen molar-refractivity contribution in [3.05, 3.63) is 35.1 Å². The lowest BCUT2D eigenvalue weighted by Gasteiger charge is -2.14. The molecule has 2 N–H and O–H groups in total. The molecule has 0 saturated carbocycles. The molecule has 0 aliphatic carbocycles. The minimum absolute atomic E-state index is 0.135. The van der Waals surface area contributed by atoms with Gasteiger partial charge in [0.25, 0.3) is 0 Å². The summed E-state index contributed by atoms with van der Waals surface area (Å²) >= 11 is 3.10. The van der Waals surface area contributed by atoms with Crippen molar-refractivity contribution in [2.45, 2.75) is 6.36 Å². The van der Waals surface area contributed by atoms with E-state index in [1.165, 1.54) is 18.5 Å². The van der Waals surface area contributed by atoms with E-state index in [0.717, 1.165) is 0 Å². The van der Waals surface area contributed by atoms with E-state index in [9.17, 15) is 13.2 Å². The molecule has 0 radical (unpaired) electrons. The molecule has 0 fully saturated rings. The van der Waals surface area contributed by atoms with Crippen LogP contribution in [0.5, 0.6) is 5.75 Å². The highest BCUT2D eigenvalue weighted by molar-refractivity contribution is 9.10. The van der Waals surface area contributed by atoms with Crippen molar-refractivity contribution in [1.82, 2.24) is 9.97 Å². The first kappa shape index (κ1) is 15.4. The summed E-state index contributed by atoms with van der Waals surface area (Å²) in [6.07, 6.45) is -3.49. The number of hydrogen-bond acceptors (Lipinski definition) is 5. The molecule has 0 aliphatic heterocycles. The van der Waals surface area contributed by atoms with Crippen LogP contribution in [0, 0.1) is 0 Å². The lowest BCUT2D eigenvalue weighted by atomic mass is 10.3. The van der Waals surface area contributed by atoms with E-state index in [1.54, 1.807) is 19.2 Å². The molecular formula is C12H10BrF3N4O. The predicted molar refractivity (Wildman–Crippen MR) is 75.7 cm³/mol. The summed E-state index contributed by atoms with van der Waals surface area (Å²) in [6.45, 7) is 0. The number of nitrogens with one attached hydrogen (secondary N) is 2. The Bertz CT molecular complexity index is 636. The van der Waals surface area contributed by atoms with Crippen LogP contribution in [0.2, 0.25) is 0 Å². The summed E-state index contributed by atoms with van der Waals surface area (Å²) in [5.74, 6) is 0.507.